The number of aromatic nitrogens is 3. The number of nitrogens with zero attached hydrogens (tertiary/aromatic N) is 4. The second kappa shape index (κ2) is 10.1. The summed E-state index contributed by atoms with van der Waals surface area (Å²) in [5.74, 6) is 1.40. The number of amides is 1. The summed E-state index contributed by atoms with van der Waals surface area (Å²) in [6.45, 7) is 6.79. The average molecular weight is 470 g/mol. The van der Waals surface area contributed by atoms with Gasteiger partial charge in [0.25, 0.3) is 11.5 Å². The minimum atomic E-state index is -0.462. The van der Waals surface area contributed by atoms with Gasteiger partial charge in [0.15, 0.2) is 16.3 Å². The summed E-state index contributed by atoms with van der Waals surface area (Å²) in [6, 6.07) is 5.40. The fraction of sp³-hybridized carbons (Fsp3) is 0.435. The number of hydrogen-bond acceptors (Lipinski definition) is 8. The lowest BCUT2D eigenvalue weighted by Gasteiger charge is -2.17. The lowest BCUT2D eigenvalue weighted by molar-refractivity contribution is -0.121. The first kappa shape index (κ1) is 22.9. The summed E-state index contributed by atoms with van der Waals surface area (Å²) in [5.41, 5.74) is 3.97. The minimum absolute atomic E-state index is 0.256. The third-order valence-corrected chi connectivity index (χ3v) is 6.59. The molecule has 0 saturated heterocycles. The quantitative estimate of drug-likeness (QED) is 0.401. The molecule has 174 valence electrons. The molecular formula is C23H27N5O4S. The molecule has 1 N–H and O–H groups in total. The van der Waals surface area contributed by atoms with Crippen molar-refractivity contribution >= 4 is 33.7 Å². The lowest BCUT2D eigenvalue weighted by atomic mass is 9.89. The van der Waals surface area contributed by atoms with Gasteiger partial charge in [0, 0.05) is 4.88 Å². The van der Waals surface area contributed by atoms with Crippen LogP contribution in [0.2, 0.25) is 0 Å². The number of carbonyl (C=O) groups excluding carboxylic acids is 1. The molecule has 1 unspecified atom stereocenters. The van der Waals surface area contributed by atoms with Gasteiger partial charge in [-0.1, -0.05) is 12.1 Å². The highest BCUT2D eigenvalue weighted by Crippen LogP contribution is 2.35. The van der Waals surface area contributed by atoms with E-state index in [2.05, 4.69) is 27.8 Å². The Morgan fingerprint density at radius 2 is 2.09 bits per heavy atom. The second-order valence-electron chi connectivity index (χ2n) is 7.95. The molecule has 0 radical (unpaired) electrons. The van der Waals surface area contributed by atoms with Crippen molar-refractivity contribution in [3.05, 3.63) is 44.6 Å². The molecule has 3 aromatic rings. The molecule has 1 aliphatic carbocycles. The fourth-order valence-electron chi connectivity index (χ4n) is 3.89. The molecule has 1 amide bonds. The Kier molecular flexibility index (Phi) is 7.02. The number of rotatable bonds is 8. The van der Waals surface area contributed by atoms with E-state index in [1.807, 2.05) is 19.9 Å². The van der Waals surface area contributed by atoms with Crippen LogP contribution in [0, 0.1) is 5.92 Å². The molecule has 2 heterocycles. The first-order valence-electron chi connectivity index (χ1n) is 11.1. The molecule has 0 bridgehead atoms. The first-order chi connectivity index (χ1) is 16.0. The first-order valence-corrected chi connectivity index (χ1v) is 11.9. The maximum absolute atomic E-state index is 13.0. The van der Waals surface area contributed by atoms with Gasteiger partial charge in [-0.3, -0.25) is 9.59 Å². The van der Waals surface area contributed by atoms with Crippen molar-refractivity contribution in [2.45, 2.75) is 46.6 Å². The van der Waals surface area contributed by atoms with Crippen LogP contribution >= 0.6 is 11.3 Å². The zero-order valence-corrected chi connectivity index (χ0v) is 19.8. The lowest BCUT2D eigenvalue weighted by Crippen LogP contribution is -2.32. The Hall–Kier alpha value is -3.27. The Balaban J connectivity index is 1.45. The molecule has 4 rings (SSSR count). The number of benzene rings is 1. The van der Waals surface area contributed by atoms with E-state index in [1.54, 1.807) is 12.1 Å². The Bertz CT molecular complexity index is 1250. The van der Waals surface area contributed by atoms with Crippen LogP contribution in [0.25, 0.3) is 10.2 Å². The number of hydrazone groups is 1. The van der Waals surface area contributed by atoms with Crippen molar-refractivity contribution in [2.24, 2.45) is 11.0 Å². The van der Waals surface area contributed by atoms with Crippen LogP contribution in [-0.2, 0) is 24.2 Å². The third-order valence-electron chi connectivity index (χ3n) is 5.45. The highest BCUT2D eigenvalue weighted by atomic mass is 32.1. The fourth-order valence-corrected chi connectivity index (χ4v) is 5.21. The van der Waals surface area contributed by atoms with Crippen LogP contribution in [-0.4, -0.2) is 40.3 Å². The highest BCUT2D eigenvalue weighted by molar-refractivity contribution is 7.18. The largest absolute Gasteiger partial charge is 0.490 e. The maximum Gasteiger partial charge on any atom is 0.279 e. The van der Waals surface area contributed by atoms with Crippen LogP contribution in [0.5, 0.6) is 11.5 Å². The number of carbonyl (C=O) groups is 1. The normalized spacial score (nSPS) is 15.5. The van der Waals surface area contributed by atoms with E-state index < -0.39 is 5.91 Å². The summed E-state index contributed by atoms with van der Waals surface area (Å²) in [4.78, 5) is 27.2. The number of nitrogens with one attached hydrogen (secondary N) is 1. The van der Waals surface area contributed by atoms with E-state index in [1.165, 1.54) is 22.4 Å². The molecule has 1 atom stereocenters. The van der Waals surface area contributed by atoms with Crippen LogP contribution in [0.1, 0.15) is 43.2 Å². The van der Waals surface area contributed by atoms with Crippen molar-refractivity contribution in [1.29, 1.82) is 0 Å². The van der Waals surface area contributed by atoms with Crippen molar-refractivity contribution in [3.63, 3.8) is 0 Å². The Morgan fingerprint density at radius 1 is 1.30 bits per heavy atom. The Labute approximate surface area is 195 Å². The van der Waals surface area contributed by atoms with Gasteiger partial charge in [-0.2, -0.15) is 5.10 Å². The van der Waals surface area contributed by atoms with Gasteiger partial charge in [0.05, 0.1) is 24.8 Å². The molecule has 10 heteroatoms. The smallest absolute Gasteiger partial charge is 0.279 e. The molecule has 0 spiro atoms. The van der Waals surface area contributed by atoms with Crippen LogP contribution < -0.4 is 20.5 Å². The molecular weight excluding hydrogens is 442 g/mol. The van der Waals surface area contributed by atoms with Crippen molar-refractivity contribution in [1.82, 2.24) is 20.4 Å². The number of fused-ring (bicyclic) bond motifs is 3. The van der Waals surface area contributed by atoms with Crippen molar-refractivity contribution < 1.29 is 14.3 Å². The van der Waals surface area contributed by atoms with Gasteiger partial charge in [0.1, 0.15) is 6.54 Å². The SMILES string of the molecule is CCOc1ccc(/C=N/NC(=O)Cn2nnc3sc4c(c3c2=O)CCC(C)C4)cc1OCC. The van der Waals surface area contributed by atoms with E-state index >= 15 is 0 Å². The van der Waals surface area contributed by atoms with Gasteiger partial charge in [0.2, 0.25) is 0 Å². The summed E-state index contributed by atoms with van der Waals surface area (Å²) < 4.78 is 12.2. The predicted molar refractivity (Wildman–Crippen MR) is 127 cm³/mol. The maximum atomic E-state index is 13.0. The summed E-state index contributed by atoms with van der Waals surface area (Å²) >= 11 is 1.54. The zero-order chi connectivity index (χ0) is 23.4. The summed E-state index contributed by atoms with van der Waals surface area (Å²) in [5, 5.41) is 12.7. The highest BCUT2D eigenvalue weighted by Gasteiger charge is 2.24. The summed E-state index contributed by atoms with van der Waals surface area (Å²) in [6.07, 6.45) is 4.37. The molecule has 9 nitrogen and oxygen atoms in total. The topological polar surface area (TPSA) is 108 Å². The zero-order valence-electron chi connectivity index (χ0n) is 19.0. The molecule has 1 aliphatic rings. The van der Waals surface area contributed by atoms with E-state index in [9.17, 15) is 9.59 Å². The minimum Gasteiger partial charge on any atom is -0.490 e. The molecule has 2 aromatic heterocycles. The number of thiophene rings is 1. The second-order valence-corrected chi connectivity index (χ2v) is 9.03. The van der Waals surface area contributed by atoms with E-state index in [4.69, 9.17) is 9.47 Å². The number of aryl methyl sites for hydroxylation is 1. The molecule has 0 aliphatic heterocycles. The van der Waals surface area contributed by atoms with Gasteiger partial charge >= 0.3 is 0 Å². The Morgan fingerprint density at radius 3 is 2.88 bits per heavy atom. The van der Waals surface area contributed by atoms with Gasteiger partial charge in [-0.05, 0) is 68.4 Å². The molecule has 0 saturated carbocycles. The van der Waals surface area contributed by atoms with Crippen LogP contribution in [0.15, 0.2) is 28.1 Å². The number of hydrogen-bond donors (Lipinski definition) is 1. The van der Waals surface area contributed by atoms with E-state index in [-0.39, 0.29) is 12.1 Å². The molecule has 33 heavy (non-hydrogen) atoms. The summed E-state index contributed by atoms with van der Waals surface area (Å²) in [7, 11) is 0. The van der Waals surface area contributed by atoms with Crippen LogP contribution in [0.3, 0.4) is 0 Å². The van der Waals surface area contributed by atoms with Crippen molar-refractivity contribution in [3.8, 4) is 11.5 Å². The van der Waals surface area contributed by atoms with Gasteiger partial charge in [-0.25, -0.2) is 10.1 Å². The van der Waals surface area contributed by atoms with Crippen molar-refractivity contribution in [2.75, 3.05) is 13.2 Å². The monoisotopic (exact) mass is 469 g/mol. The average Bonchev–Trinajstić information content (AvgIpc) is 3.16. The van der Waals surface area contributed by atoms with E-state index in [0.717, 1.165) is 35.1 Å². The third kappa shape index (κ3) is 5.05. The standard InChI is InChI=1S/C23H27N5O4S/c1-4-31-17-9-7-15(11-18(17)32-5-2)12-24-25-20(29)13-28-23(30)21-16-8-6-14(3)10-19(16)33-22(21)26-27-28/h7,9,11-12,14H,4-6,8,10,13H2,1-3H3,(H,25,29)/b24-12+. The number of ether oxygens (including phenoxy) is 2. The van der Waals surface area contributed by atoms with Crippen LogP contribution in [0.4, 0.5) is 0 Å². The molecule has 0 fully saturated rings. The predicted octanol–water partition coefficient (Wildman–Crippen LogP) is 2.93. The van der Waals surface area contributed by atoms with E-state index in [0.29, 0.717) is 40.8 Å². The molecule has 1 aromatic carbocycles. The van der Waals surface area contributed by atoms with Gasteiger partial charge < -0.3 is 9.47 Å². The van der Waals surface area contributed by atoms with Gasteiger partial charge in [-0.15, -0.1) is 16.4 Å².